The normalized spacial score (nSPS) is 21.1. The van der Waals surface area contributed by atoms with Crippen molar-refractivity contribution in [1.29, 1.82) is 0 Å². The van der Waals surface area contributed by atoms with Gasteiger partial charge in [0.2, 0.25) is 10.0 Å². The number of nitrogens with zero attached hydrogens (tertiary/aromatic N) is 2. The highest BCUT2D eigenvalue weighted by Gasteiger charge is 2.42. The average Bonchev–Trinajstić information content (AvgIpc) is 2.97. The minimum absolute atomic E-state index is 0.122. The summed E-state index contributed by atoms with van der Waals surface area (Å²) in [6.45, 7) is 5.71. The lowest BCUT2D eigenvalue weighted by molar-refractivity contribution is -0.147. The molecule has 1 aliphatic heterocycles. The molecule has 0 aromatic heterocycles. The highest BCUT2D eigenvalue weighted by atomic mass is 32.2. The molecular weight excluding hydrogens is 344 g/mol. The van der Waals surface area contributed by atoms with E-state index in [9.17, 15) is 23.1 Å². The van der Waals surface area contributed by atoms with Gasteiger partial charge in [0.25, 0.3) is 5.91 Å². The summed E-state index contributed by atoms with van der Waals surface area (Å²) < 4.78 is 26.1. The maximum atomic E-state index is 12.5. The summed E-state index contributed by atoms with van der Waals surface area (Å²) >= 11 is 0. The summed E-state index contributed by atoms with van der Waals surface area (Å²) in [6, 6.07) is 5.59. The first-order chi connectivity index (χ1) is 11.5. The molecule has 25 heavy (non-hydrogen) atoms. The number of sulfonamides is 1. The van der Waals surface area contributed by atoms with Crippen LogP contribution >= 0.6 is 0 Å². The van der Waals surface area contributed by atoms with Gasteiger partial charge in [-0.3, -0.25) is 9.59 Å². The van der Waals surface area contributed by atoms with Crippen molar-refractivity contribution >= 4 is 21.9 Å². The van der Waals surface area contributed by atoms with Gasteiger partial charge < -0.3 is 10.0 Å². The third-order valence-corrected chi connectivity index (χ3v) is 6.83. The van der Waals surface area contributed by atoms with Crippen molar-refractivity contribution in [2.24, 2.45) is 5.41 Å². The van der Waals surface area contributed by atoms with Crippen LogP contribution in [0.1, 0.15) is 37.6 Å². The van der Waals surface area contributed by atoms with Gasteiger partial charge in [0, 0.05) is 31.7 Å². The van der Waals surface area contributed by atoms with Crippen molar-refractivity contribution in [3.8, 4) is 0 Å². The van der Waals surface area contributed by atoms with Crippen molar-refractivity contribution in [2.75, 3.05) is 20.1 Å². The molecule has 138 valence electrons. The van der Waals surface area contributed by atoms with Crippen LogP contribution < -0.4 is 0 Å². The molecule has 0 spiro atoms. The van der Waals surface area contributed by atoms with Gasteiger partial charge in [0.1, 0.15) is 0 Å². The lowest BCUT2D eigenvalue weighted by atomic mass is 9.90. The van der Waals surface area contributed by atoms with Crippen LogP contribution in [0.3, 0.4) is 0 Å². The average molecular weight is 368 g/mol. The Bertz CT molecular complexity index is 773. The van der Waals surface area contributed by atoms with E-state index in [0.717, 1.165) is 0 Å². The standard InChI is InChI=1S/C17H24N2O5S/c1-12(2)18(4)25(23,24)14-7-5-13(6-8-14)15(20)19-10-9-17(3,11-19)16(21)22/h5-8,12H,9-11H2,1-4H3,(H,21,22). The number of carboxylic acid groups (broad SMARTS) is 1. The van der Waals surface area contributed by atoms with Crippen LogP contribution in [0.25, 0.3) is 0 Å². The predicted molar refractivity (Wildman–Crippen MR) is 92.8 cm³/mol. The Balaban J connectivity index is 2.18. The lowest BCUT2D eigenvalue weighted by Gasteiger charge is -2.22. The van der Waals surface area contributed by atoms with Gasteiger partial charge in [-0.1, -0.05) is 0 Å². The van der Waals surface area contributed by atoms with Gasteiger partial charge in [-0.2, -0.15) is 4.31 Å². The zero-order valence-corrected chi connectivity index (χ0v) is 15.7. The molecule has 2 rings (SSSR count). The van der Waals surface area contributed by atoms with E-state index in [1.54, 1.807) is 20.8 Å². The molecule has 1 saturated heterocycles. The molecule has 1 unspecified atom stereocenters. The van der Waals surface area contributed by atoms with Crippen LogP contribution in [-0.4, -0.2) is 60.8 Å². The third-order valence-electron chi connectivity index (χ3n) is 4.78. The summed E-state index contributed by atoms with van der Waals surface area (Å²) in [4.78, 5) is 25.4. The minimum atomic E-state index is -3.60. The van der Waals surface area contributed by atoms with E-state index in [1.807, 2.05) is 0 Å². The fourth-order valence-corrected chi connectivity index (χ4v) is 4.07. The van der Waals surface area contributed by atoms with Gasteiger partial charge in [-0.05, 0) is 51.5 Å². The summed E-state index contributed by atoms with van der Waals surface area (Å²) in [5.74, 6) is -1.20. The molecular formula is C17H24N2O5S. The van der Waals surface area contributed by atoms with Crippen molar-refractivity contribution in [2.45, 2.75) is 38.1 Å². The van der Waals surface area contributed by atoms with E-state index >= 15 is 0 Å². The highest BCUT2D eigenvalue weighted by molar-refractivity contribution is 7.89. The maximum Gasteiger partial charge on any atom is 0.311 e. The molecule has 1 atom stereocenters. The molecule has 0 bridgehead atoms. The van der Waals surface area contributed by atoms with Gasteiger partial charge in [-0.25, -0.2) is 8.42 Å². The van der Waals surface area contributed by atoms with Crippen LogP contribution in [-0.2, 0) is 14.8 Å². The second kappa shape index (κ2) is 6.76. The van der Waals surface area contributed by atoms with Crippen molar-refractivity contribution in [3.05, 3.63) is 29.8 Å². The number of carbonyl (C=O) groups is 2. The Kier molecular flexibility index (Phi) is 5.24. The number of likely N-dealkylation sites (tertiary alicyclic amines) is 1. The Morgan fingerprint density at radius 2 is 1.80 bits per heavy atom. The van der Waals surface area contributed by atoms with Crippen LogP contribution in [0, 0.1) is 5.41 Å². The monoisotopic (exact) mass is 368 g/mol. The molecule has 1 aliphatic rings. The first-order valence-electron chi connectivity index (χ1n) is 8.10. The number of rotatable bonds is 5. The summed E-state index contributed by atoms with van der Waals surface area (Å²) in [6.07, 6.45) is 0.402. The smallest absolute Gasteiger partial charge is 0.311 e. The quantitative estimate of drug-likeness (QED) is 0.853. The third kappa shape index (κ3) is 3.69. The molecule has 1 aromatic rings. The SMILES string of the molecule is CC(C)N(C)S(=O)(=O)c1ccc(C(=O)N2CCC(C)(C(=O)O)C2)cc1. The van der Waals surface area contributed by atoms with E-state index in [2.05, 4.69) is 0 Å². The minimum Gasteiger partial charge on any atom is -0.481 e. The van der Waals surface area contributed by atoms with Crippen LogP contribution in [0.5, 0.6) is 0 Å². The number of carbonyl (C=O) groups excluding carboxylic acids is 1. The summed E-state index contributed by atoms with van der Waals surface area (Å²) in [7, 11) is -2.09. The molecule has 1 aromatic carbocycles. The fraction of sp³-hybridized carbons (Fsp3) is 0.529. The number of hydrogen-bond acceptors (Lipinski definition) is 4. The molecule has 0 aliphatic carbocycles. The van der Waals surface area contributed by atoms with Crippen LogP contribution in [0.15, 0.2) is 29.2 Å². The largest absolute Gasteiger partial charge is 0.481 e. The zero-order chi connectivity index (χ0) is 19.0. The molecule has 0 saturated carbocycles. The van der Waals surface area contributed by atoms with Crippen molar-refractivity contribution in [3.63, 3.8) is 0 Å². The number of hydrogen-bond donors (Lipinski definition) is 1. The Morgan fingerprint density at radius 1 is 1.24 bits per heavy atom. The topological polar surface area (TPSA) is 95.0 Å². The number of benzene rings is 1. The van der Waals surface area contributed by atoms with Crippen LogP contribution in [0.4, 0.5) is 0 Å². The van der Waals surface area contributed by atoms with Gasteiger partial charge in [0.05, 0.1) is 10.3 Å². The second-order valence-electron chi connectivity index (χ2n) is 6.98. The van der Waals surface area contributed by atoms with E-state index in [-0.39, 0.29) is 23.4 Å². The van der Waals surface area contributed by atoms with E-state index < -0.39 is 21.4 Å². The zero-order valence-electron chi connectivity index (χ0n) is 14.9. The molecule has 1 fully saturated rings. The van der Waals surface area contributed by atoms with Crippen LogP contribution in [0.2, 0.25) is 0 Å². The Hall–Kier alpha value is -1.93. The maximum absolute atomic E-state index is 12.5. The van der Waals surface area contributed by atoms with E-state index in [0.29, 0.717) is 18.5 Å². The number of aliphatic carboxylic acids is 1. The molecule has 1 N–H and O–H groups in total. The van der Waals surface area contributed by atoms with Crippen molar-refractivity contribution < 1.29 is 23.1 Å². The molecule has 0 radical (unpaired) electrons. The Morgan fingerprint density at radius 3 is 2.24 bits per heavy atom. The first-order valence-corrected chi connectivity index (χ1v) is 9.54. The lowest BCUT2D eigenvalue weighted by Crippen LogP contribution is -2.35. The number of carboxylic acids is 1. The summed E-state index contributed by atoms with van der Waals surface area (Å²) in [5.41, 5.74) is -0.584. The predicted octanol–water partition coefficient (Wildman–Crippen LogP) is 1.65. The first kappa shape index (κ1) is 19.4. The molecule has 1 amide bonds. The highest BCUT2D eigenvalue weighted by Crippen LogP contribution is 2.31. The van der Waals surface area contributed by atoms with Gasteiger partial charge in [0.15, 0.2) is 0 Å². The number of amides is 1. The van der Waals surface area contributed by atoms with Crippen molar-refractivity contribution in [1.82, 2.24) is 9.21 Å². The summed E-state index contributed by atoms with van der Waals surface area (Å²) in [5, 5.41) is 9.26. The van der Waals surface area contributed by atoms with Gasteiger partial charge >= 0.3 is 5.97 Å². The van der Waals surface area contributed by atoms with E-state index in [4.69, 9.17) is 0 Å². The fourth-order valence-electron chi connectivity index (χ4n) is 2.70. The molecule has 7 nitrogen and oxygen atoms in total. The molecule has 1 heterocycles. The van der Waals surface area contributed by atoms with Gasteiger partial charge in [-0.15, -0.1) is 0 Å². The molecule has 8 heteroatoms. The van der Waals surface area contributed by atoms with E-state index in [1.165, 1.54) is 40.5 Å². The Labute approximate surface area is 148 Å². The second-order valence-corrected chi connectivity index (χ2v) is 8.98.